The largest absolute Gasteiger partial charge is 0.208 e. The van der Waals surface area contributed by atoms with E-state index in [2.05, 4.69) is 42.5 Å². The van der Waals surface area contributed by atoms with Crippen molar-refractivity contribution in [2.75, 3.05) is 0 Å². The van der Waals surface area contributed by atoms with Crippen LogP contribution in [0.15, 0.2) is 97.1 Å². The molecule has 2 heterocycles. The molecule has 5 heteroatoms. The van der Waals surface area contributed by atoms with Gasteiger partial charge in [-0.15, -0.1) is 11.3 Å². The van der Waals surface area contributed by atoms with E-state index >= 15 is 0 Å². The minimum atomic E-state index is 0.604. The number of aromatic nitrogens is 3. The maximum Gasteiger partial charge on any atom is 0.164 e. The van der Waals surface area contributed by atoms with Crippen LogP contribution in [-0.2, 0) is 0 Å². The Morgan fingerprint density at radius 2 is 1.12 bits per heavy atom. The minimum absolute atomic E-state index is 0.604. The Morgan fingerprint density at radius 1 is 0.500 bits per heavy atom. The van der Waals surface area contributed by atoms with Crippen molar-refractivity contribution in [3.05, 3.63) is 102 Å². The third kappa shape index (κ3) is 3.44. The molecule has 0 aliphatic heterocycles. The fourth-order valence-electron chi connectivity index (χ4n) is 3.84. The Morgan fingerprint density at radius 3 is 1.91 bits per heavy atom. The van der Waals surface area contributed by atoms with Crippen LogP contribution in [-0.4, -0.2) is 15.0 Å². The lowest BCUT2D eigenvalue weighted by Crippen LogP contribution is -2.00. The van der Waals surface area contributed by atoms with Crippen LogP contribution in [0, 0.1) is 0 Å². The molecular formula is C27H16ClN3S. The van der Waals surface area contributed by atoms with E-state index in [1.54, 1.807) is 11.3 Å². The monoisotopic (exact) mass is 449 g/mol. The van der Waals surface area contributed by atoms with Gasteiger partial charge in [0.1, 0.15) is 0 Å². The normalized spacial score (nSPS) is 11.3. The zero-order chi connectivity index (χ0) is 21.5. The van der Waals surface area contributed by atoms with E-state index in [0.29, 0.717) is 22.5 Å². The van der Waals surface area contributed by atoms with E-state index in [1.165, 1.54) is 20.2 Å². The molecule has 6 rings (SSSR count). The van der Waals surface area contributed by atoms with Crippen LogP contribution >= 0.6 is 22.9 Å². The van der Waals surface area contributed by atoms with Crippen molar-refractivity contribution in [2.24, 2.45) is 0 Å². The van der Waals surface area contributed by atoms with Gasteiger partial charge in [0.05, 0.1) is 0 Å². The molecule has 0 unspecified atom stereocenters. The van der Waals surface area contributed by atoms with Crippen molar-refractivity contribution < 1.29 is 0 Å². The van der Waals surface area contributed by atoms with Crippen LogP contribution in [0.2, 0.25) is 5.02 Å². The average Bonchev–Trinajstić information content (AvgIpc) is 3.22. The molecule has 0 amide bonds. The second-order valence-electron chi connectivity index (χ2n) is 7.49. The van der Waals surface area contributed by atoms with Crippen LogP contribution in [0.1, 0.15) is 0 Å². The summed E-state index contributed by atoms with van der Waals surface area (Å²) >= 11 is 8.03. The van der Waals surface area contributed by atoms with Gasteiger partial charge in [-0.3, -0.25) is 0 Å². The lowest BCUT2D eigenvalue weighted by Gasteiger charge is -2.08. The van der Waals surface area contributed by atoms with Crippen LogP contribution in [0.5, 0.6) is 0 Å². The first-order chi connectivity index (χ1) is 15.7. The third-order valence-corrected chi connectivity index (χ3v) is 6.76. The molecule has 152 valence electrons. The molecule has 6 aromatic rings. The molecule has 0 spiro atoms. The number of hydrogen-bond donors (Lipinski definition) is 0. The van der Waals surface area contributed by atoms with E-state index in [9.17, 15) is 0 Å². The molecule has 0 saturated carbocycles. The van der Waals surface area contributed by atoms with Gasteiger partial charge in [0.25, 0.3) is 0 Å². The van der Waals surface area contributed by atoms with E-state index in [-0.39, 0.29) is 0 Å². The highest BCUT2D eigenvalue weighted by atomic mass is 35.5. The second-order valence-corrected chi connectivity index (χ2v) is 9.01. The van der Waals surface area contributed by atoms with E-state index in [0.717, 1.165) is 16.7 Å². The molecule has 0 bridgehead atoms. The maximum atomic E-state index is 6.24. The van der Waals surface area contributed by atoms with Gasteiger partial charge >= 0.3 is 0 Å². The number of halogens is 1. The molecule has 0 aliphatic rings. The Balaban J connectivity index is 1.56. The highest BCUT2D eigenvalue weighted by Crippen LogP contribution is 2.36. The molecule has 0 aliphatic carbocycles. The smallest absolute Gasteiger partial charge is 0.164 e. The lowest BCUT2D eigenvalue weighted by atomic mass is 10.1. The zero-order valence-corrected chi connectivity index (χ0v) is 18.4. The number of hydrogen-bond acceptors (Lipinski definition) is 4. The summed E-state index contributed by atoms with van der Waals surface area (Å²) < 4.78 is 2.49. The number of benzene rings is 4. The van der Waals surface area contributed by atoms with Crippen LogP contribution < -0.4 is 0 Å². The van der Waals surface area contributed by atoms with E-state index < -0.39 is 0 Å². The summed E-state index contributed by atoms with van der Waals surface area (Å²) in [5.74, 6) is 1.89. The van der Waals surface area contributed by atoms with Crippen molar-refractivity contribution in [3.63, 3.8) is 0 Å². The van der Waals surface area contributed by atoms with Gasteiger partial charge in [-0.05, 0) is 24.3 Å². The SMILES string of the molecule is Clc1cccc(-c2nc(-c3ccccc3)nc(-c3ccc4c(c3)sc3ccccc34)n2)c1. The molecule has 0 N–H and O–H groups in total. The summed E-state index contributed by atoms with van der Waals surface area (Å²) in [5, 5.41) is 3.18. The van der Waals surface area contributed by atoms with Gasteiger partial charge in [-0.25, -0.2) is 15.0 Å². The van der Waals surface area contributed by atoms with Crippen molar-refractivity contribution in [1.82, 2.24) is 15.0 Å². The topological polar surface area (TPSA) is 38.7 Å². The van der Waals surface area contributed by atoms with E-state index in [4.69, 9.17) is 26.6 Å². The Bertz CT molecular complexity index is 1590. The summed E-state index contributed by atoms with van der Waals surface area (Å²) in [4.78, 5) is 14.4. The summed E-state index contributed by atoms with van der Waals surface area (Å²) in [5.41, 5.74) is 2.77. The maximum absolute atomic E-state index is 6.24. The van der Waals surface area contributed by atoms with Crippen LogP contribution in [0.25, 0.3) is 54.3 Å². The molecule has 3 nitrogen and oxygen atoms in total. The predicted molar refractivity (Wildman–Crippen MR) is 134 cm³/mol. The average molecular weight is 450 g/mol. The first-order valence-corrected chi connectivity index (χ1v) is 11.4. The molecule has 0 fully saturated rings. The first-order valence-electron chi connectivity index (χ1n) is 10.2. The lowest BCUT2D eigenvalue weighted by molar-refractivity contribution is 1.07. The number of nitrogens with zero attached hydrogens (tertiary/aromatic N) is 3. The molecule has 0 saturated heterocycles. The van der Waals surface area contributed by atoms with Gasteiger partial charge in [0, 0.05) is 41.9 Å². The molecular weight excluding hydrogens is 434 g/mol. The summed E-state index contributed by atoms with van der Waals surface area (Å²) in [6.07, 6.45) is 0. The fraction of sp³-hybridized carbons (Fsp3) is 0. The van der Waals surface area contributed by atoms with Crippen LogP contribution in [0.4, 0.5) is 0 Å². The standard InChI is InChI=1S/C27H16ClN3S/c28-20-10-6-9-18(15-20)26-29-25(17-7-2-1-3-8-17)30-27(31-26)19-13-14-22-21-11-4-5-12-23(21)32-24(22)16-19/h1-16H. The molecule has 2 aromatic heterocycles. The molecule has 0 radical (unpaired) electrons. The molecule has 4 aromatic carbocycles. The summed E-state index contributed by atoms with van der Waals surface area (Å²) in [6, 6.07) is 32.5. The van der Waals surface area contributed by atoms with Crippen molar-refractivity contribution in [3.8, 4) is 34.2 Å². The van der Waals surface area contributed by atoms with Gasteiger partial charge in [0.2, 0.25) is 0 Å². The molecule has 32 heavy (non-hydrogen) atoms. The summed E-state index contributed by atoms with van der Waals surface area (Å²) in [7, 11) is 0. The van der Waals surface area contributed by atoms with Gasteiger partial charge in [-0.1, -0.05) is 84.4 Å². The van der Waals surface area contributed by atoms with Crippen molar-refractivity contribution in [1.29, 1.82) is 0 Å². The quantitative estimate of drug-likeness (QED) is 0.275. The van der Waals surface area contributed by atoms with Crippen molar-refractivity contribution in [2.45, 2.75) is 0 Å². The van der Waals surface area contributed by atoms with Gasteiger partial charge < -0.3 is 0 Å². The predicted octanol–water partition coefficient (Wildman–Crippen LogP) is 7.89. The zero-order valence-electron chi connectivity index (χ0n) is 16.9. The highest BCUT2D eigenvalue weighted by molar-refractivity contribution is 7.25. The third-order valence-electron chi connectivity index (χ3n) is 5.39. The fourth-order valence-corrected chi connectivity index (χ4v) is 5.18. The van der Waals surface area contributed by atoms with Crippen LogP contribution in [0.3, 0.4) is 0 Å². The van der Waals surface area contributed by atoms with Gasteiger partial charge in [-0.2, -0.15) is 0 Å². The Kier molecular flexibility index (Phi) is 4.67. The Labute approximate surface area is 194 Å². The van der Waals surface area contributed by atoms with Crippen molar-refractivity contribution >= 4 is 43.1 Å². The second kappa shape index (κ2) is 7.83. The summed E-state index contributed by atoms with van der Waals surface area (Å²) in [6.45, 7) is 0. The number of thiophene rings is 1. The number of rotatable bonds is 3. The first kappa shape index (κ1) is 19.1. The van der Waals surface area contributed by atoms with Gasteiger partial charge in [0.15, 0.2) is 17.5 Å². The highest BCUT2D eigenvalue weighted by Gasteiger charge is 2.14. The van der Waals surface area contributed by atoms with E-state index in [1.807, 2.05) is 54.6 Å². The molecule has 0 atom stereocenters. The Hall–Kier alpha value is -3.60. The minimum Gasteiger partial charge on any atom is -0.208 e. The number of fused-ring (bicyclic) bond motifs is 3.